The topological polar surface area (TPSA) is 122 Å². The first-order chi connectivity index (χ1) is 9.13. The molecule has 19 heavy (non-hydrogen) atoms. The lowest BCUT2D eigenvalue weighted by atomic mass is 10.1. The summed E-state index contributed by atoms with van der Waals surface area (Å²) in [7, 11) is 0. The molecular formula is C12H22N6O. The number of primary amides is 1. The molecule has 0 radical (unpaired) electrons. The molecular weight excluding hydrogens is 244 g/mol. The van der Waals surface area contributed by atoms with Crippen LogP contribution >= 0.6 is 0 Å². The molecule has 0 unspecified atom stereocenters. The van der Waals surface area contributed by atoms with Gasteiger partial charge in [0.2, 0.25) is 0 Å². The van der Waals surface area contributed by atoms with Crippen molar-refractivity contribution in [2.24, 2.45) is 16.5 Å². The SMILES string of the molecule is CCCCCCc1nc[nH]c1CN=C(N)NC(N)=O. The number of nitrogens with zero attached hydrogens (tertiary/aromatic N) is 2. The third kappa shape index (κ3) is 5.89. The van der Waals surface area contributed by atoms with Crippen molar-refractivity contribution < 1.29 is 4.79 Å². The number of aromatic nitrogens is 2. The lowest BCUT2D eigenvalue weighted by Gasteiger charge is -2.02. The van der Waals surface area contributed by atoms with Crippen LogP contribution < -0.4 is 16.8 Å². The van der Waals surface area contributed by atoms with Crippen molar-refractivity contribution in [1.82, 2.24) is 15.3 Å². The maximum atomic E-state index is 10.6. The van der Waals surface area contributed by atoms with E-state index in [2.05, 4.69) is 27.2 Å². The van der Waals surface area contributed by atoms with Crippen LogP contribution in [0.15, 0.2) is 11.3 Å². The lowest BCUT2D eigenvalue weighted by Crippen LogP contribution is -2.40. The minimum Gasteiger partial charge on any atom is -0.370 e. The average molecular weight is 266 g/mol. The van der Waals surface area contributed by atoms with E-state index in [0.29, 0.717) is 6.54 Å². The molecule has 1 rings (SSSR count). The maximum Gasteiger partial charge on any atom is 0.318 e. The predicted molar refractivity (Wildman–Crippen MR) is 74.5 cm³/mol. The molecule has 7 heteroatoms. The third-order valence-corrected chi connectivity index (χ3v) is 2.73. The van der Waals surface area contributed by atoms with E-state index in [-0.39, 0.29) is 5.96 Å². The molecule has 1 aromatic heterocycles. The van der Waals surface area contributed by atoms with Crippen LogP contribution in [-0.2, 0) is 13.0 Å². The van der Waals surface area contributed by atoms with Crippen molar-refractivity contribution in [2.75, 3.05) is 0 Å². The number of urea groups is 1. The van der Waals surface area contributed by atoms with Crippen molar-refractivity contribution in [3.8, 4) is 0 Å². The number of carbonyl (C=O) groups is 1. The summed E-state index contributed by atoms with van der Waals surface area (Å²) >= 11 is 0. The smallest absolute Gasteiger partial charge is 0.318 e. The van der Waals surface area contributed by atoms with Crippen molar-refractivity contribution >= 4 is 12.0 Å². The summed E-state index contributed by atoms with van der Waals surface area (Å²) in [6.45, 7) is 2.54. The highest BCUT2D eigenvalue weighted by molar-refractivity contribution is 5.94. The van der Waals surface area contributed by atoms with E-state index in [1.165, 1.54) is 19.3 Å². The van der Waals surface area contributed by atoms with Crippen LogP contribution in [0, 0.1) is 0 Å². The Morgan fingerprint density at radius 3 is 2.89 bits per heavy atom. The van der Waals surface area contributed by atoms with Gasteiger partial charge in [0.05, 0.1) is 24.3 Å². The van der Waals surface area contributed by atoms with Gasteiger partial charge >= 0.3 is 6.03 Å². The Morgan fingerprint density at radius 1 is 1.42 bits per heavy atom. The summed E-state index contributed by atoms with van der Waals surface area (Å²) in [5.74, 6) is 0.0130. The Hall–Kier alpha value is -2.05. The van der Waals surface area contributed by atoms with Gasteiger partial charge in [0.25, 0.3) is 0 Å². The summed E-state index contributed by atoms with van der Waals surface area (Å²) in [5.41, 5.74) is 12.3. The molecule has 0 saturated heterocycles. The Labute approximate surface area is 112 Å². The van der Waals surface area contributed by atoms with Crippen molar-refractivity contribution in [3.05, 3.63) is 17.7 Å². The van der Waals surface area contributed by atoms with Crippen LogP contribution in [0.3, 0.4) is 0 Å². The molecule has 2 amide bonds. The number of carbonyl (C=O) groups excluding carboxylic acids is 1. The van der Waals surface area contributed by atoms with Crippen LogP contribution in [0.2, 0.25) is 0 Å². The number of unbranched alkanes of at least 4 members (excludes halogenated alkanes) is 3. The molecule has 0 aliphatic heterocycles. The molecule has 0 bridgehead atoms. The molecule has 0 fully saturated rings. The van der Waals surface area contributed by atoms with Gasteiger partial charge < -0.3 is 16.5 Å². The first-order valence-electron chi connectivity index (χ1n) is 6.51. The summed E-state index contributed by atoms with van der Waals surface area (Å²) in [4.78, 5) is 21.9. The second kappa shape index (κ2) is 8.12. The minimum atomic E-state index is -0.717. The summed E-state index contributed by atoms with van der Waals surface area (Å²) in [6, 6.07) is -0.717. The lowest BCUT2D eigenvalue weighted by molar-refractivity contribution is 0.253. The summed E-state index contributed by atoms with van der Waals surface area (Å²) < 4.78 is 0. The Bertz CT molecular complexity index is 426. The molecule has 1 aromatic rings. The highest BCUT2D eigenvalue weighted by atomic mass is 16.2. The number of amides is 2. The van der Waals surface area contributed by atoms with Gasteiger partial charge in [-0.25, -0.2) is 14.8 Å². The van der Waals surface area contributed by atoms with Gasteiger partial charge in [0, 0.05) is 0 Å². The van der Waals surface area contributed by atoms with E-state index in [0.717, 1.165) is 24.2 Å². The van der Waals surface area contributed by atoms with Crippen LogP contribution in [0.25, 0.3) is 0 Å². The first kappa shape index (κ1) is 15.0. The van der Waals surface area contributed by atoms with Gasteiger partial charge in [0.15, 0.2) is 5.96 Å². The second-order valence-corrected chi connectivity index (χ2v) is 4.33. The molecule has 0 saturated carbocycles. The van der Waals surface area contributed by atoms with Crippen LogP contribution in [-0.4, -0.2) is 22.0 Å². The van der Waals surface area contributed by atoms with Gasteiger partial charge in [-0.3, -0.25) is 5.32 Å². The molecule has 6 N–H and O–H groups in total. The first-order valence-corrected chi connectivity index (χ1v) is 6.51. The van der Waals surface area contributed by atoms with Crippen LogP contribution in [0.5, 0.6) is 0 Å². The van der Waals surface area contributed by atoms with E-state index in [1.54, 1.807) is 6.33 Å². The Kier molecular flexibility index (Phi) is 6.42. The van der Waals surface area contributed by atoms with Gasteiger partial charge in [-0.1, -0.05) is 26.2 Å². The maximum absolute atomic E-state index is 10.6. The number of aromatic amines is 1. The number of nitrogens with one attached hydrogen (secondary N) is 2. The molecule has 0 spiro atoms. The predicted octanol–water partition coefficient (Wildman–Crippen LogP) is 1.02. The fourth-order valence-electron chi connectivity index (χ4n) is 1.75. The number of imidazole rings is 1. The van der Waals surface area contributed by atoms with Crippen LogP contribution in [0.4, 0.5) is 4.79 Å². The fraction of sp³-hybridized carbons (Fsp3) is 0.583. The van der Waals surface area contributed by atoms with E-state index in [9.17, 15) is 4.79 Å². The summed E-state index contributed by atoms with van der Waals surface area (Å²) in [5, 5.41) is 2.22. The highest BCUT2D eigenvalue weighted by Crippen LogP contribution is 2.10. The van der Waals surface area contributed by atoms with Gasteiger partial charge in [-0.2, -0.15) is 0 Å². The largest absolute Gasteiger partial charge is 0.370 e. The van der Waals surface area contributed by atoms with E-state index in [4.69, 9.17) is 11.5 Å². The molecule has 106 valence electrons. The van der Waals surface area contributed by atoms with Crippen molar-refractivity contribution in [1.29, 1.82) is 0 Å². The molecule has 0 aliphatic carbocycles. The van der Waals surface area contributed by atoms with Gasteiger partial charge in [0.1, 0.15) is 0 Å². The van der Waals surface area contributed by atoms with E-state index >= 15 is 0 Å². The van der Waals surface area contributed by atoms with E-state index < -0.39 is 6.03 Å². The zero-order chi connectivity index (χ0) is 14.1. The number of rotatable bonds is 7. The highest BCUT2D eigenvalue weighted by Gasteiger charge is 2.05. The Balaban J connectivity index is 2.46. The number of aryl methyl sites for hydroxylation is 1. The fourth-order valence-corrected chi connectivity index (χ4v) is 1.75. The standard InChI is InChI=1S/C12H22N6O/c1-2-3-4-5-6-9-10(17-8-16-9)7-15-11(13)18-12(14)19/h8H,2-7H2,1H3,(H,16,17)(H5,13,14,15,18,19). The molecule has 7 nitrogen and oxygen atoms in total. The summed E-state index contributed by atoms with van der Waals surface area (Å²) in [6.07, 6.45) is 7.36. The van der Waals surface area contributed by atoms with Crippen LogP contribution in [0.1, 0.15) is 44.0 Å². The molecule has 0 aromatic carbocycles. The number of hydrogen-bond donors (Lipinski definition) is 4. The van der Waals surface area contributed by atoms with Gasteiger partial charge in [-0.05, 0) is 12.8 Å². The van der Waals surface area contributed by atoms with Gasteiger partial charge in [-0.15, -0.1) is 0 Å². The molecule has 1 heterocycles. The monoisotopic (exact) mass is 266 g/mol. The second-order valence-electron chi connectivity index (χ2n) is 4.33. The van der Waals surface area contributed by atoms with E-state index in [1.807, 2.05) is 0 Å². The average Bonchev–Trinajstić information content (AvgIpc) is 2.79. The Morgan fingerprint density at radius 2 is 2.21 bits per heavy atom. The van der Waals surface area contributed by atoms with Crippen molar-refractivity contribution in [3.63, 3.8) is 0 Å². The molecule has 0 atom stereocenters. The number of aliphatic imine (C=N–C) groups is 1. The molecule has 0 aliphatic rings. The number of H-pyrrole nitrogens is 1. The normalized spacial score (nSPS) is 11.5. The quantitative estimate of drug-likeness (QED) is 0.334. The zero-order valence-corrected chi connectivity index (χ0v) is 11.3. The zero-order valence-electron chi connectivity index (χ0n) is 11.3. The number of nitrogens with two attached hydrogens (primary N) is 2. The number of guanidine groups is 1. The number of hydrogen-bond acceptors (Lipinski definition) is 3. The van der Waals surface area contributed by atoms with Crippen molar-refractivity contribution in [2.45, 2.75) is 45.6 Å². The minimum absolute atomic E-state index is 0.0130. The third-order valence-electron chi connectivity index (χ3n) is 2.73.